The number of aryl methyl sites for hydroxylation is 1. The molecule has 0 bridgehead atoms. The number of hydrogen-bond donors (Lipinski definition) is 2. The number of rotatable bonds is 6. The molecule has 0 aliphatic rings. The van der Waals surface area contributed by atoms with E-state index in [0.717, 1.165) is 33.6 Å². The van der Waals surface area contributed by atoms with Gasteiger partial charge in [-0.25, -0.2) is 21.5 Å². The second-order valence-corrected chi connectivity index (χ2v) is 8.38. The van der Waals surface area contributed by atoms with Gasteiger partial charge in [-0.15, -0.1) is 0 Å². The third-order valence-corrected chi connectivity index (χ3v) is 5.85. The van der Waals surface area contributed by atoms with E-state index in [9.17, 15) is 22.0 Å². The van der Waals surface area contributed by atoms with Crippen LogP contribution in [0.4, 0.5) is 20.2 Å². The maximum Gasteiger partial charge on any atom is 0.243 e. The number of carbonyl (C=O) groups is 1. The van der Waals surface area contributed by atoms with Crippen molar-refractivity contribution in [3.8, 4) is 0 Å². The molecule has 9 heteroatoms. The predicted octanol–water partition coefficient (Wildman–Crippen LogP) is 2.88. The first-order valence-electron chi connectivity index (χ1n) is 8.05. The molecule has 0 unspecified atom stereocenters. The molecule has 0 saturated carbocycles. The Morgan fingerprint density at radius 3 is 2.37 bits per heavy atom. The highest BCUT2D eigenvalue weighted by Gasteiger charge is 2.19. The lowest BCUT2D eigenvalue weighted by molar-refractivity contribution is -0.114. The summed E-state index contributed by atoms with van der Waals surface area (Å²) in [6, 6.07) is 5.74. The zero-order valence-corrected chi connectivity index (χ0v) is 16.2. The number of nitrogens with zero attached hydrogens (tertiary/aromatic N) is 1. The molecule has 6 nitrogen and oxygen atoms in total. The van der Waals surface area contributed by atoms with Crippen molar-refractivity contribution >= 4 is 27.3 Å². The Morgan fingerprint density at radius 1 is 1.07 bits per heavy atom. The molecule has 1 amide bonds. The van der Waals surface area contributed by atoms with Crippen LogP contribution in [0, 0.1) is 25.5 Å². The summed E-state index contributed by atoms with van der Waals surface area (Å²) in [5, 5.41) is 5.12. The van der Waals surface area contributed by atoms with Crippen molar-refractivity contribution in [3.63, 3.8) is 0 Å². The molecule has 2 aromatic carbocycles. The Kier molecular flexibility index (Phi) is 6.17. The summed E-state index contributed by atoms with van der Waals surface area (Å²) in [6.07, 6.45) is 0. The molecule has 0 radical (unpaired) electrons. The minimum absolute atomic E-state index is 0.0923. The van der Waals surface area contributed by atoms with Crippen LogP contribution in [0.15, 0.2) is 35.2 Å². The first-order chi connectivity index (χ1) is 12.5. The number of nitrogens with one attached hydrogen (secondary N) is 2. The number of halogens is 2. The largest absolute Gasteiger partial charge is 0.376 e. The highest BCUT2D eigenvalue weighted by atomic mass is 32.2. The van der Waals surface area contributed by atoms with E-state index in [2.05, 4.69) is 10.6 Å². The van der Waals surface area contributed by atoms with Gasteiger partial charge in [0.1, 0.15) is 11.6 Å². The van der Waals surface area contributed by atoms with Crippen LogP contribution < -0.4 is 10.6 Å². The van der Waals surface area contributed by atoms with Gasteiger partial charge < -0.3 is 10.6 Å². The molecule has 27 heavy (non-hydrogen) atoms. The Bertz CT molecular complexity index is 976. The van der Waals surface area contributed by atoms with Crippen LogP contribution >= 0.6 is 0 Å². The van der Waals surface area contributed by atoms with E-state index < -0.39 is 27.6 Å². The minimum atomic E-state index is -3.63. The van der Waals surface area contributed by atoms with Gasteiger partial charge >= 0.3 is 0 Å². The van der Waals surface area contributed by atoms with E-state index in [4.69, 9.17) is 0 Å². The van der Waals surface area contributed by atoms with E-state index in [-0.39, 0.29) is 17.1 Å². The van der Waals surface area contributed by atoms with Crippen LogP contribution in [0.2, 0.25) is 0 Å². The molecule has 2 aromatic rings. The van der Waals surface area contributed by atoms with Crippen LogP contribution in [0.5, 0.6) is 0 Å². The minimum Gasteiger partial charge on any atom is -0.376 e. The number of sulfonamides is 1. The zero-order valence-electron chi connectivity index (χ0n) is 15.4. The van der Waals surface area contributed by atoms with Crippen LogP contribution in [0.3, 0.4) is 0 Å². The topological polar surface area (TPSA) is 78.5 Å². The van der Waals surface area contributed by atoms with Crippen molar-refractivity contribution in [1.29, 1.82) is 0 Å². The summed E-state index contributed by atoms with van der Waals surface area (Å²) < 4.78 is 52.5. The fourth-order valence-electron chi connectivity index (χ4n) is 2.33. The Hall–Kier alpha value is -2.52. The molecule has 0 aromatic heterocycles. The van der Waals surface area contributed by atoms with Crippen LogP contribution in [0.25, 0.3) is 0 Å². The van der Waals surface area contributed by atoms with E-state index in [1.54, 1.807) is 19.9 Å². The van der Waals surface area contributed by atoms with E-state index in [1.807, 2.05) is 0 Å². The summed E-state index contributed by atoms with van der Waals surface area (Å²) in [4.78, 5) is 12.1. The fourth-order valence-corrected chi connectivity index (χ4v) is 3.35. The summed E-state index contributed by atoms with van der Waals surface area (Å²) in [7, 11) is -0.776. The molecule has 0 atom stereocenters. The standard InChI is InChI=1S/C18H21F2N3O3S/c1-11-7-14(27(25,26)23(3)4)9-16(12(11)2)21-10-18(24)22-17-8-13(19)5-6-15(17)20/h5-9,21H,10H2,1-4H3,(H,22,24). The monoisotopic (exact) mass is 397 g/mol. The third-order valence-electron chi connectivity index (χ3n) is 4.06. The van der Waals surface area contributed by atoms with E-state index >= 15 is 0 Å². The molecule has 0 fully saturated rings. The molecule has 0 aliphatic carbocycles. The molecule has 2 rings (SSSR count). The molecule has 0 spiro atoms. The van der Waals surface area contributed by atoms with Gasteiger partial charge in [0.15, 0.2) is 0 Å². The zero-order chi connectivity index (χ0) is 20.4. The van der Waals surface area contributed by atoms with Crippen molar-refractivity contribution in [2.45, 2.75) is 18.7 Å². The maximum atomic E-state index is 13.6. The third kappa shape index (κ3) is 4.81. The first-order valence-corrected chi connectivity index (χ1v) is 9.49. The lowest BCUT2D eigenvalue weighted by Gasteiger charge is -2.17. The number of carbonyl (C=O) groups excluding carboxylic acids is 1. The Balaban J connectivity index is 2.19. The van der Waals surface area contributed by atoms with Crippen molar-refractivity contribution in [3.05, 3.63) is 53.1 Å². The fraction of sp³-hybridized carbons (Fsp3) is 0.278. The van der Waals surface area contributed by atoms with Gasteiger partial charge in [0, 0.05) is 25.8 Å². The molecule has 0 saturated heterocycles. The Labute approximate surface area is 157 Å². The highest BCUT2D eigenvalue weighted by molar-refractivity contribution is 7.89. The van der Waals surface area contributed by atoms with Crippen LogP contribution in [-0.4, -0.2) is 39.3 Å². The SMILES string of the molecule is Cc1cc(S(=O)(=O)N(C)C)cc(NCC(=O)Nc2cc(F)ccc2F)c1C. The molecule has 2 N–H and O–H groups in total. The lowest BCUT2D eigenvalue weighted by atomic mass is 10.1. The van der Waals surface area contributed by atoms with Crippen LogP contribution in [0.1, 0.15) is 11.1 Å². The van der Waals surface area contributed by atoms with Gasteiger partial charge in [-0.05, 0) is 49.2 Å². The average molecular weight is 397 g/mol. The smallest absolute Gasteiger partial charge is 0.243 e. The van der Waals surface area contributed by atoms with Gasteiger partial charge in [0.25, 0.3) is 0 Å². The summed E-state index contributed by atoms with van der Waals surface area (Å²) in [6.45, 7) is 3.30. The van der Waals surface area contributed by atoms with Gasteiger partial charge in [-0.1, -0.05) is 0 Å². The molecular weight excluding hydrogens is 376 g/mol. The number of anilines is 2. The van der Waals surface area contributed by atoms with Crippen molar-refractivity contribution in [1.82, 2.24) is 4.31 Å². The molecule has 146 valence electrons. The lowest BCUT2D eigenvalue weighted by Crippen LogP contribution is -2.24. The quantitative estimate of drug-likeness (QED) is 0.786. The average Bonchev–Trinajstić information content (AvgIpc) is 2.59. The number of amides is 1. The van der Waals surface area contributed by atoms with Gasteiger partial charge in [-0.3, -0.25) is 4.79 Å². The second-order valence-electron chi connectivity index (χ2n) is 6.23. The van der Waals surface area contributed by atoms with Crippen molar-refractivity contribution in [2.24, 2.45) is 0 Å². The van der Waals surface area contributed by atoms with Gasteiger partial charge in [0.2, 0.25) is 15.9 Å². The summed E-state index contributed by atoms with van der Waals surface area (Å²) in [5.74, 6) is -2.03. The number of benzene rings is 2. The second kappa shape index (κ2) is 8.01. The summed E-state index contributed by atoms with van der Waals surface area (Å²) in [5.41, 5.74) is 1.71. The molecule has 0 heterocycles. The van der Waals surface area contributed by atoms with Crippen molar-refractivity contribution in [2.75, 3.05) is 31.3 Å². The van der Waals surface area contributed by atoms with Gasteiger partial charge in [-0.2, -0.15) is 0 Å². The molecular formula is C18H21F2N3O3S. The van der Waals surface area contributed by atoms with Gasteiger partial charge in [0.05, 0.1) is 17.1 Å². The highest BCUT2D eigenvalue weighted by Crippen LogP contribution is 2.25. The van der Waals surface area contributed by atoms with Crippen molar-refractivity contribution < 1.29 is 22.0 Å². The number of hydrogen-bond acceptors (Lipinski definition) is 4. The maximum absolute atomic E-state index is 13.6. The summed E-state index contributed by atoms with van der Waals surface area (Å²) >= 11 is 0. The van der Waals surface area contributed by atoms with E-state index in [0.29, 0.717) is 5.69 Å². The van der Waals surface area contributed by atoms with E-state index in [1.165, 1.54) is 20.2 Å². The normalized spacial score (nSPS) is 11.5. The Morgan fingerprint density at radius 2 is 1.74 bits per heavy atom. The molecule has 0 aliphatic heterocycles. The predicted molar refractivity (Wildman–Crippen MR) is 100 cm³/mol. The first kappa shape index (κ1) is 20.8. The van der Waals surface area contributed by atoms with Crippen LogP contribution in [-0.2, 0) is 14.8 Å².